The molecule has 3 N–H and O–H groups in total. The lowest BCUT2D eigenvalue weighted by Crippen LogP contribution is -2.26. The van der Waals surface area contributed by atoms with Gasteiger partial charge >= 0.3 is 5.97 Å². The van der Waals surface area contributed by atoms with Gasteiger partial charge in [-0.1, -0.05) is 13.3 Å². The molecule has 0 atom stereocenters. The fourth-order valence-electron chi connectivity index (χ4n) is 2.60. The Balaban J connectivity index is 2.02. The molecule has 1 saturated carbocycles. The van der Waals surface area contributed by atoms with Crippen LogP contribution < -0.4 is 11.1 Å². The molecule has 0 saturated heterocycles. The number of aromatic nitrogens is 1. The molecular weight excluding hydrogens is 262 g/mol. The normalized spacial score (nSPS) is 23.1. The molecule has 0 aliphatic heterocycles. The van der Waals surface area contributed by atoms with Crippen LogP contribution in [0, 0.1) is 5.92 Å². The van der Waals surface area contributed by atoms with Gasteiger partial charge in [0.25, 0.3) is 0 Å². The van der Waals surface area contributed by atoms with Crippen LogP contribution in [0.3, 0.4) is 0 Å². The monoisotopic (exact) mass is 283 g/mol. The number of hydrogen-bond acceptors (Lipinski definition) is 6. The first-order valence-electron chi connectivity index (χ1n) is 6.75. The standard InChI is InChI=1S/C13H21N3O2S/c1-3-8-4-6-9(7-5-8)15-12-10(13(17)18-2)11(14)16-19-12/h8-9,15H,3-7H2,1-2H3,(H2,14,16). The predicted molar refractivity (Wildman–Crippen MR) is 77.5 cm³/mol. The van der Waals surface area contributed by atoms with Gasteiger partial charge in [-0.25, -0.2) is 4.79 Å². The van der Waals surface area contributed by atoms with Crippen LogP contribution in [0.5, 0.6) is 0 Å². The van der Waals surface area contributed by atoms with E-state index in [4.69, 9.17) is 10.5 Å². The fourth-order valence-corrected chi connectivity index (χ4v) is 3.38. The second kappa shape index (κ2) is 6.23. The first kappa shape index (κ1) is 14.1. The van der Waals surface area contributed by atoms with E-state index in [2.05, 4.69) is 16.6 Å². The summed E-state index contributed by atoms with van der Waals surface area (Å²) < 4.78 is 8.79. The highest BCUT2D eigenvalue weighted by molar-refractivity contribution is 7.11. The zero-order valence-corrected chi connectivity index (χ0v) is 12.3. The SMILES string of the molecule is CCC1CCC(Nc2snc(N)c2C(=O)OC)CC1. The molecule has 0 bridgehead atoms. The lowest BCUT2D eigenvalue weighted by Gasteiger charge is -2.28. The molecule has 1 aliphatic rings. The number of carbonyl (C=O) groups excluding carboxylic acids is 1. The van der Waals surface area contributed by atoms with Gasteiger partial charge in [-0.2, -0.15) is 4.37 Å². The second-order valence-corrected chi connectivity index (χ2v) is 5.81. The van der Waals surface area contributed by atoms with Crippen LogP contribution in [0.25, 0.3) is 0 Å². The van der Waals surface area contributed by atoms with Crippen LogP contribution in [0.2, 0.25) is 0 Å². The smallest absolute Gasteiger partial charge is 0.344 e. The predicted octanol–water partition coefficient (Wildman–Crippen LogP) is 2.89. The van der Waals surface area contributed by atoms with Crippen molar-refractivity contribution in [3.63, 3.8) is 0 Å². The van der Waals surface area contributed by atoms with Gasteiger partial charge in [-0.05, 0) is 43.1 Å². The summed E-state index contributed by atoms with van der Waals surface area (Å²) in [5, 5.41) is 4.15. The number of rotatable bonds is 4. The highest BCUT2D eigenvalue weighted by Crippen LogP contribution is 2.32. The molecule has 19 heavy (non-hydrogen) atoms. The number of ether oxygens (including phenoxy) is 1. The Labute approximate surface area is 117 Å². The lowest BCUT2D eigenvalue weighted by atomic mass is 9.84. The molecule has 0 amide bonds. The van der Waals surface area contributed by atoms with E-state index < -0.39 is 5.97 Å². The molecule has 5 nitrogen and oxygen atoms in total. The van der Waals surface area contributed by atoms with E-state index in [0.29, 0.717) is 11.6 Å². The van der Waals surface area contributed by atoms with Crippen LogP contribution in [0.15, 0.2) is 0 Å². The third kappa shape index (κ3) is 3.18. The first-order valence-corrected chi connectivity index (χ1v) is 7.53. The van der Waals surface area contributed by atoms with Gasteiger partial charge in [0.05, 0.1) is 7.11 Å². The fraction of sp³-hybridized carbons (Fsp3) is 0.692. The number of anilines is 2. The number of hydrogen-bond donors (Lipinski definition) is 2. The second-order valence-electron chi connectivity index (χ2n) is 5.03. The van der Waals surface area contributed by atoms with E-state index >= 15 is 0 Å². The van der Waals surface area contributed by atoms with Crippen LogP contribution in [-0.4, -0.2) is 23.5 Å². The minimum Gasteiger partial charge on any atom is -0.465 e. The minimum absolute atomic E-state index is 0.251. The Morgan fingerprint density at radius 3 is 2.74 bits per heavy atom. The van der Waals surface area contributed by atoms with Crippen LogP contribution in [0.4, 0.5) is 10.8 Å². The van der Waals surface area contributed by atoms with Gasteiger partial charge in [0.2, 0.25) is 0 Å². The average Bonchev–Trinajstić information content (AvgIpc) is 2.80. The molecule has 1 aromatic rings. The lowest BCUT2D eigenvalue weighted by molar-refractivity contribution is 0.0603. The van der Waals surface area contributed by atoms with Gasteiger partial charge in [0.1, 0.15) is 10.6 Å². The number of methoxy groups -OCH3 is 1. The molecular formula is C13H21N3O2S. The molecule has 1 aromatic heterocycles. The van der Waals surface area contributed by atoms with Crippen molar-refractivity contribution < 1.29 is 9.53 Å². The molecule has 2 rings (SSSR count). The minimum atomic E-state index is -0.420. The van der Waals surface area contributed by atoms with E-state index in [0.717, 1.165) is 23.8 Å². The third-order valence-electron chi connectivity index (χ3n) is 3.87. The van der Waals surface area contributed by atoms with Crippen LogP contribution in [-0.2, 0) is 4.74 Å². The van der Waals surface area contributed by atoms with Gasteiger partial charge in [0.15, 0.2) is 5.82 Å². The number of nitrogen functional groups attached to an aromatic ring is 1. The van der Waals surface area contributed by atoms with Crippen molar-refractivity contribution in [2.24, 2.45) is 5.92 Å². The summed E-state index contributed by atoms with van der Waals surface area (Å²) in [5.74, 6) is 0.683. The van der Waals surface area contributed by atoms with Crippen LogP contribution >= 0.6 is 11.5 Å². The summed E-state index contributed by atoms with van der Waals surface area (Å²) in [4.78, 5) is 11.7. The maximum Gasteiger partial charge on any atom is 0.344 e. The van der Waals surface area contributed by atoms with E-state index in [-0.39, 0.29) is 5.82 Å². The molecule has 1 aliphatic carbocycles. The number of nitrogens with zero attached hydrogens (tertiary/aromatic N) is 1. The van der Waals surface area contributed by atoms with Gasteiger partial charge in [-0.15, -0.1) is 0 Å². The van der Waals surface area contributed by atoms with E-state index in [1.54, 1.807) is 0 Å². The Bertz CT molecular complexity index is 439. The summed E-state index contributed by atoms with van der Waals surface area (Å²) in [6.07, 6.45) is 6.02. The zero-order chi connectivity index (χ0) is 13.8. The molecule has 6 heteroatoms. The average molecular weight is 283 g/mol. The Morgan fingerprint density at radius 2 is 2.16 bits per heavy atom. The van der Waals surface area contributed by atoms with Crippen molar-refractivity contribution in [1.82, 2.24) is 4.37 Å². The van der Waals surface area contributed by atoms with Crippen molar-refractivity contribution in [2.45, 2.75) is 45.1 Å². The third-order valence-corrected chi connectivity index (χ3v) is 4.66. The first-order chi connectivity index (χ1) is 9.15. The van der Waals surface area contributed by atoms with Crippen molar-refractivity contribution in [3.05, 3.63) is 5.56 Å². The van der Waals surface area contributed by atoms with E-state index in [1.807, 2.05) is 0 Å². The van der Waals surface area contributed by atoms with Gasteiger partial charge in [-0.3, -0.25) is 0 Å². The summed E-state index contributed by atoms with van der Waals surface area (Å²) >= 11 is 1.23. The van der Waals surface area contributed by atoms with Crippen molar-refractivity contribution >= 4 is 28.3 Å². The van der Waals surface area contributed by atoms with Crippen molar-refractivity contribution in [3.8, 4) is 0 Å². The summed E-state index contributed by atoms with van der Waals surface area (Å²) in [7, 11) is 1.36. The van der Waals surface area contributed by atoms with Crippen molar-refractivity contribution in [1.29, 1.82) is 0 Å². The maximum absolute atomic E-state index is 11.7. The molecule has 1 fully saturated rings. The molecule has 0 radical (unpaired) electrons. The number of esters is 1. The summed E-state index contributed by atoms with van der Waals surface area (Å²) in [6, 6.07) is 0.408. The topological polar surface area (TPSA) is 77.2 Å². The van der Waals surface area contributed by atoms with E-state index in [1.165, 1.54) is 37.9 Å². The number of nitrogens with two attached hydrogens (primary N) is 1. The van der Waals surface area contributed by atoms with Crippen molar-refractivity contribution in [2.75, 3.05) is 18.2 Å². The largest absolute Gasteiger partial charge is 0.465 e. The summed E-state index contributed by atoms with van der Waals surface area (Å²) in [5.41, 5.74) is 6.10. The Morgan fingerprint density at radius 1 is 1.47 bits per heavy atom. The quantitative estimate of drug-likeness (QED) is 0.831. The van der Waals surface area contributed by atoms with E-state index in [9.17, 15) is 4.79 Å². The molecule has 106 valence electrons. The molecule has 0 spiro atoms. The molecule has 0 unspecified atom stereocenters. The maximum atomic E-state index is 11.7. The Kier molecular flexibility index (Phi) is 4.63. The van der Waals surface area contributed by atoms with Crippen LogP contribution in [0.1, 0.15) is 49.4 Å². The highest BCUT2D eigenvalue weighted by atomic mass is 32.1. The summed E-state index contributed by atoms with van der Waals surface area (Å²) in [6.45, 7) is 2.25. The van der Waals surface area contributed by atoms with Gasteiger partial charge in [0, 0.05) is 6.04 Å². The van der Waals surface area contributed by atoms with Gasteiger partial charge < -0.3 is 15.8 Å². The highest BCUT2D eigenvalue weighted by Gasteiger charge is 2.24. The molecule has 1 heterocycles. The number of nitrogens with one attached hydrogen (secondary N) is 1. The number of carbonyl (C=O) groups is 1. The Hall–Kier alpha value is -1.30. The zero-order valence-electron chi connectivity index (χ0n) is 11.4. The molecule has 0 aromatic carbocycles.